The molecule has 0 unspecified atom stereocenters. The first kappa shape index (κ1) is 25.6. The highest BCUT2D eigenvalue weighted by Crippen LogP contribution is 2.44. The zero-order chi connectivity index (χ0) is 27.6. The first-order chi connectivity index (χ1) is 19.5. The van der Waals surface area contributed by atoms with Gasteiger partial charge in [0.25, 0.3) is 11.8 Å². The van der Waals surface area contributed by atoms with E-state index in [1.165, 1.54) is 0 Å². The zero-order valence-electron chi connectivity index (χ0n) is 21.1. The van der Waals surface area contributed by atoms with Gasteiger partial charge in [0, 0.05) is 22.5 Å². The maximum atomic E-state index is 13.4. The topological polar surface area (TPSA) is 58.2 Å². The number of fused-ring (bicyclic) bond motifs is 2. The molecular weight excluding hydrogens is 539 g/mol. The molecule has 0 saturated carbocycles. The standard InChI is InChI=1S/C34H22Cl2N2O2/c35-27-15-7-5-13-25(27)33(39)37-29-19-17-21-9-1-3-11-23(21)31(29)32-24-12-4-2-10-22(24)18-20-30(32)38-34(40)26-14-6-8-16-28(26)36/h1-20H,(H,37,39)(H,38,40). The summed E-state index contributed by atoms with van der Waals surface area (Å²) < 4.78 is 0. The van der Waals surface area contributed by atoms with Crippen molar-refractivity contribution in [2.24, 2.45) is 0 Å². The van der Waals surface area contributed by atoms with E-state index >= 15 is 0 Å². The van der Waals surface area contributed by atoms with E-state index in [-0.39, 0.29) is 11.8 Å². The SMILES string of the molecule is O=C(Nc1ccc2ccccc2c1-c1c(NC(=O)c2ccccc2Cl)ccc2ccccc12)c1ccccc1Cl. The summed E-state index contributed by atoms with van der Waals surface area (Å²) in [7, 11) is 0. The highest BCUT2D eigenvalue weighted by molar-refractivity contribution is 6.35. The van der Waals surface area contributed by atoms with Crippen molar-refractivity contribution in [3.63, 3.8) is 0 Å². The molecule has 0 fully saturated rings. The molecule has 6 rings (SSSR count). The molecule has 194 valence electrons. The molecule has 0 atom stereocenters. The van der Waals surface area contributed by atoms with Crippen LogP contribution in [0.1, 0.15) is 20.7 Å². The van der Waals surface area contributed by atoms with Gasteiger partial charge in [0.1, 0.15) is 0 Å². The molecule has 2 amide bonds. The van der Waals surface area contributed by atoms with Crippen molar-refractivity contribution in [1.29, 1.82) is 0 Å². The van der Waals surface area contributed by atoms with Gasteiger partial charge in [0.2, 0.25) is 0 Å². The van der Waals surface area contributed by atoms with Crippen LogP contribution in [0.5, 0.6) is 0 Å². The Bertz CT molecular complexity index is 1790. The molecule has 6 aromatic rings. The third kappa shape index (κ3) is 4.79. The lowest BCUT2D eigenvalue weighted by Crippen LogP contribution is -2.15. The van der Waals surface area contributed by atoms with Crippen LogP contribution in [0.4, 0.5) is 11.4 Å². The van der Waals surface area contributed by atoms with Crippen LogP contribution in [-0.2, 0) is 0 Å². The van der Waals surface area contributed by atoms with E-state index in [1.54, 1.807) is 48.5 Å². The molecule has 6 aromatic carbocycles. The van der Waals surface area contributed by atoms with E-state index in [0.29, 0.717) is 32.5 Å². The summed E-state index contributed by atoms with van der Waals surface area (Å²) in [5, 5.41) is 10.7. The number of amides is 2. The van der Waals surface area contributed by atoms with E-state index in [2.05, 4.69) is 10.6 Å². The van der Waals surface area contributed by atoms with Gasteiger partial charge in [-0.3, -0.25) is 9.59 Å². The van der Waals surface area contributed by atoms with Gasteiger partial charge < -0.3 is 10.6 Å². The molecule has 0 aliphatic carbocycles. The lowest BCUT2D eigenvalue weighted by Gasteiger charge is -2.20. The Labute approximate surface area is 241 Å². The highest BCUT2D eigenvalue weighted by atomic mass is 35.5. The fraction of sp³-hybridized carbons (Fsp3) is 0. The summed E-state index contributed by atoms with van der Waals surface area (Å²) in [5.74, 6) is -0.659. The van der Waals surface area contributed by atoms with Crippen LogP contribution in [0.15, 0.2) is 121 Å². The normalized spacial score (nSPS) is 10.9. The van der Waals surface area contributed by atoms with Gasteiger partial charge in [-0.1, -0.05) is 108 Å². The quantitative estimate of drug-likeness (QED) is 0.220. The Morgan fingerprint density at radius 2 is 0.825 bits per heavy atom. The van der Waals surface area contributed by atoms with Crippen molar-refractivity contribution in [2.45, 2.75) is 0 Å². The molecule has 0 heterocycles. The molecular formula is C34H22Cl2N2O2. The van der Waals surface area contributed by atoms with Gasteiger partial charge >= 0.3 is 0 Å². The van der Waals surface area contributed by atoms with E-state index in [9.17, 15) is 9.59 Å². The first-order valence-corrected chi connectivity index (χ1v) is 13.4. The fourth-order valence-electron chi connectivity index (χ4n) is 4.96. The van der Waals surface area contributed by atoms with Gasteiger partial charge in [0.05, 0.1) is 21.2 Å². The second-order valence-corrected chi connectivity index (χ2v) is 10.1. The van der Waals surface area contributed by atoms with Gasteiger partial charge in [-0.2, -0.15) is 0 Å². The largest absolute Gasteiger partial charge is 0.321 e. The Hall–Kier alpha value is -4.64. The Balaban J connectivity index is 1.58. The zero-order valence-corrected chi connectivity index (χ0v) is 22.6. The summed E-state index contributed by atoms with van der Waals surface area (Å²) in [6, 6.07) is 37.5. The number of benzene rings is 6. The van der Waals surface area contributed by atoms with Crippen molar-refractivity contribution >= 4 is 67.9 Å². The van der Waals surface area contributed by atoms with Crippen molar-refractivity contribution in [2.75, 3.05) is 10.6 Å². The molecule has 40 heavy (non-hydrogen) atoms. The van der Waals surface area contributed by atoms with E-state index in [1.807, 2.05) is 72.8 Å². The van der Waals surface area contributed by atoms with Crippen molar-refractivity contribution in [3.05, 3.63) is 142 Å². The van der Waals surface area contributed by atoms with Crippen LogP contribution in [-0.4, -0.2) is 11.8 Å². The minimum atomic E-state index is -0.330. The molecule has 0 radical (unpaired) electrons. The molecule has 6 heteroatoms. The van der Waals surface area contributed by atoms with Crippen LogP contribution in [0, 0.1) is 0 Å². The number of halogens is 2. The number of rotatable bonds is 5. The molecule has 0 aliphatic rings. The van der Waals surface area contributed by atoms with Gasteiger partial charge in [0.15, 0.2) is 0 Å². The monoisotopic (exact) mass is 560 g/mol. The Kier molecular flexibility index (Phi) is 6.95. The number of hydrogen-bond acceptors (Lipinski definition) is 2. The third-order valence-electron chi connectivity index (χ3n) is 6.84. The smallest absolute Gasteiger partial charge is 0.257 e. The minimum absolute atomic E-state index is 0.330. The predicted molar refractivity (Wildman–Crippen MR) is 166 cm³/mol. The predicted octanol–water partition coefficient (Wildman–Crippen LogP) is 9.47. The molecule has 0 saturated heterocycles. The molecule has 0 spiro atoms. The summed E-state index contributed by atoms with van der Waals surface area (Å²) in [6.45, 7) is 0. The Morgan fingerprint density at radius 1 is 0.450 bits per heavy atom. The number of anilines is 2. The number of carbonyl (C=O) groups excluding carboxylic acids is 2. The summed E-state index contributed by atoms with van der Waals surface area (Å²) in [4.78, 5) is 26.8. The molecule has 2 N–H and O–H groups in total. The average molecular weight is 561 g/mol. The van der Waals surface area contributed by atoms with Gasteiger partial charge in [-0.15, -0.1) is 0 Å². The molecule has 0 aromatic heterocycles. The highest BCUT2D eigenvalue weighted by Gasteiger charge is 2.21. The van der Waals surface area contributed by atoms with Crippen molar-refractivity contribution in [3.8, 4) is 11.1 Å². The van der Waals surface area contributed by atoms with Gasteiger partial charge in [-0.25, -0.2) is 0 Å². The third-order valence-corrected chi connectivity index (χ3v) is 7.50. The second-order valence-electron chi connectivity index (χ2n) is 9.29. The van der Waals surface area contributed by atoms with Crippen LogP contribution < -0.4 is 10.6 Å². The van der Waals surface area contributed by atoms with E-state index in [4.69, 9.17) is 23.2 Å². The minimum Gasteiger partial charge on any atom is -0.321 e. The maximum absolute atomic E-state index is 13.4. The van der Waals surface area contributed by atoms with Crippen LogP contribution in [0.25, 0.3) is 32.7 Å². The van der Waals surface area contributed by atoms with Crippen LogP contribution in [0.2, 0.25) is 10.0 Å². The summed E-state index contributed by atoms with van der Waals surface area (Å²) in [5.41, 5.74) is 3.48. The summed E-state index contributed by atoms with van der Waals surface area (Å²) in [6.07, 6.45) is 0. The molecule has 0 bridgehead atoms. The number of hydrogen-bond donors (Lipinski definition) is 2. The summed E-state index contributed by atoms with van der Waals surface area (Å²) >= 11 is 12.7. The molecule has 0 aliphatic heterocycles. The van der Waals surface area contributed by atoms with E-state index in [0.717, 1.165) is 32.7 Å². The van der Waals surface area contributed by atoms with Crippen LogP contribution >= 0.6 is 23.2 Å². The van der Waals surface area contributed by atoms with Gasteiger partial charge in [-0.05, 0) is 57.9 Å². The molecule has 4 nitrogen and oxygen atoms in total. The van der Waals surface area contributed by atoms with E-state index < -0.39 is 0 Å². The van der Waals surface area contributed by atoms with Crippen molar-refractivity contribution in [1.82, 2.24) is 0 Å². The number of nitrogens with one attached hydrogen (secondary N) is 2. The van der Waals surface area contributed by atoms with Crippen LogP contribution in [0.3, 0.4) is 0 Å². The number of carbonyl (C=O) groups is 2. The lowest BCUT2D eigenvalue weighted by atomic mass is 9.90. The lowest BCUT2D eigenvalue weighted by molar-refractivity contribution is 0.101. The first-order valence-electron chi connectivity index (χ1n) is 12.7. The Morgan fingerprint density at radius 3 is 1.25 bits per heavy atom. The maximum Gasteiger partial charge on any atom is 0.257 e. The fourth-order valence-corrected chi connectivity index (χ4v) is 5.40. The average Bonchev–Trinajstić information content (AvgIpc) is 2.97. The second kappa shape index (κ2) is 10.9. The van der Waals surface area contributed by atoms with Crippen molar-refractivity contribution < 1.29 is 9.59 Å².